The van der Waals surface area contributed by atoms with Gasteiger partial charge < -0.3 is 10.6 Å². The molecule has 1 aliphatic heterocycles. The van der Waals surface area contributed by atoms with Gasteiger partial charge in [-0.15, -0.1) is 0 Å². The van der Waals surface area contributed by atoms with Crippen LogP contribution in [0.15, 0.2) is 42.5 Å². The lowest BCUT2D eigenvalue weighted by Gasteiger charge is -2.36. The molecule has 0 spiro atoms. The standard InChI is InChI=1S/C21H23N3O3S/c25-19-13-28-21(27)24(19)18-11-4-3-10-17(18)23-20(26)22-12-15-8-5-7-14-6-1-2-9-16(14)15/h1-2,5-9,17-18H,3-4,10-13H2,(H2,22,23,26). The van der Waals surface area contributed by atoms with Gasteiger partial charge in [0.2, 0.25) is 5.91 Å². The zero-order valence-corrected chi connectivity index (χ0v) is 16.3. The Bertz CT molecular complexity index is 895. The fourth-order valence-corrected chi connectivity index (χ4v) is 4.88. The number of imide groups is 1. The van der Waals surface area contributed by atoms with Crippen molar-refractivity contribution in [1.82, 2.24) is 15.5 Å². The van der Waals surface area contributed by atoms with Gasteiger partial charge in [0.15, 0.2) is 0 Å². The number of urea groups is 1. The molecule has 1 saturated heterocycles. The number of thioether (sulfide) groups is 1. The number of fused-ring (bicyclic) bond motifs is 1. The third-order valence-electron chi connectivity index (χ3n) is 5.48. The second kappa shape index (κ2) is 8.22. The van der Waals surface area contributed by atoms with Crippen LogP contribution in [0.1, 0.15) is 31.2 Å². The first-order valence-corrected chi connectivity index (χ1v) is 10.6. The molecule has 6 nitrogen and oxygen atoms in total. The number of benzene rings is 2. The quantitative estimate of drug-likeness (QED) is 0.826. The number of nitrogens with zero attached hydrogens (tertiary/aromatic N) is 1. The lowest BCUT2D eigenvalue weighted by Crippen LogP contribution is -2.56. The van der Waals surface area contributed by atoms with Crippen molar-refractivity contribution in [2.45, 2.75) is 44.3 Å². The average Bonchev–Trinajstić information content (AvgIpc) is 3.05. The van der Waals surface area contributed by atoms with Crippen LogP contribution in [0.4, 0.5) is 9.59 Å². The number of amides is 4. The molecule has 0 radical (unpaired) electrons. The highest BCUT2D eigenvalue weighted by molar-refractivity contribution is 8.14. The molecular formula is C21H23N3O3S. The average molecular weight is 398 g/mol. The summed E-state index contributed by atoms with van der Waals surface area (Å²) in [5.41, 5.74) is 1.05. The van der Waals surface area contributed by atoms with Crippen LogP contribution >= 0.6 is 11.8 Å². The van der Waals surface area contributed by atoms with E-state index in [9.17, 15) is 14.4 Å². The summed E-state index contributed by atoms with van der Waals surface area (Å²) in [6, 6.07) is 13.4. The Balaban J connectivity index is 1.41. The summed E-state index contributed by atoms with van der Waals surface area (Å²) in [5.74, 6) is 0.0554. The number of carbonyl (C=O) groups is 3. The van der Waals surface area contributed by atoms with Crippen molar-refractivity contribution in [1.29, 1.82) is 0 Å². The molecule has 0 aromatic heterocycles. The minimum Gasteiger partial charge on any atom is -0.334 e. The molecule has 2 aromatic carbocycles. The van der Waals surface area contributed by atoms with Crippen LogP contribution in [-0.4, -0.2) is 39.9 Å². The van der Waals surface area contributed by atoms with E-state index in [1.54, 1.807) is 0 Å². The SMILES string of the molecule is O=C(NCc1cccc2ccccc12)NC1CCCCC1N1C(=O)CSC1=O. The van der Waals surface area contributed by atoms with Gasteiger partial charge in [-0.25, -0.2) is 4.79 Å². The van der Waals surface area contributed by atoms with Crippen LogP contribution in [0.5, 0.6) is 0 Å². The smallest absolute Gasteiger partial charge is 0.315 e. The number of rotatable bonds is 4. The molecule has 2 aromatic rings. The molecule has 7 heteroatoms. The van der Waals surface area contributed by atoms with E-state index in [0.29, 0.717) is 6.54 Å². The molecule has 4 rings (SSSR count). The Morgan fingerprint density at radius 3 is 2.68 bits per heavy atom. The van der Waals surface area contributed by atoms with E-state index >= 15 is 0 Å². The Morgan fingerprint density at radius 2 is 1.86 bits per heavy atom. The number of hydrogen-bond acceptors (Lipinski definition) is 4. The lowest BCUT2D eigenvalue weighted by molar-refractivity contribution is -0.127. The fraction of sp³-hybridized carbons (Fsp3) is 0.381. The highest BCUT2D eigenvalue weighted by Gasteiger charge is 2.41. The van der Waals surface area contributed by atoms with E-state index in [2.05, 4.69) is 10.6 Å². The van der Waals surface area contributed by atoms with Gasteiger partial charge in [-0.2, -0.15) is 0 Å². The van der Waals surface area contributed by atoms with Gasteiger partial charge in [0, 0.05) is 6.54 Å². The molecule has 2 aliphatic rings. The van der Waals surface area contributed by atoms with Crippen molar-refractivity contribution in [2.24, 2.45) is 0 Å². The molecule has 1 saturated carbocycles. The Hall–Kier alpha value is -2.54. The maximum absolute atomic E-state index is 12.5. The minimum absolute atomic E-state index is 0.148. The Labute approximate surface area is 168 Å². The highest BCUT2D eigenvalue weighted by atomic mass is 32.2. The summed E-state index contributed by atoms with van der Waals surface area (Å²) in [6.07, 6.45) is 3.46. The van der Waals surface area contributed by atoms with E-state index < -0.39 is 0 Å². The molecule has 1 heterocycles. The fourth-order valence-electron chi connectivity index (χ4n) is 4.11. The molecule has 28 heavy (non-hydrogen) atoms. The Morgan fingerprint density at radius 1 is 1.07 bits per heavy atom. The Kier molecular flexibility index (Phi) is 5.52. The highest BCUT2D eigenvalue weighted by Crippen LogP contribution is 2.30. The van der Waals surface area contributed by atoms with Crippen LogP contribution in [0, 0.1) is 0 Å². The maximum atomic E-state index is 12.5. The van der Waals surface area contributed by atoms with Crippen LogP contribution in [-0.2, 0) is 11.3 Å². The van der Waals surface area contributed by atoms with Crippen molar-refractivity contribution in [3.05, 3.63) is 48.0 Å². The summed E-state index contributed by atoms with van der Waals surface area (Å²) in [4.78, 5) is 38.1. The monoisotopic (exact) mass is 397 g/mol. The third kappa shape index (κ3) is 3.85. The number of hydrogen-bond donors (Lipinski definition) is 2. The van der Waals surface area contributed by atoms with E-state index in [1.807, 2.05) is 42.5 Å². The van der Waals surface area contributed by atoms with Crippen molar-refractivity contribution >= 4 is 39.7 Å². The predicted molar refractivity (Wildman–Crippen MR) is 110 cm³/mol. The van der Waals surface area contributed by atoms with Crippen molar-refractivity contribution in [3.8, 4) is 0 Å². The van der Waals surface area contributed by atoms with Crippen LogP contribution in [0.25, 0.3) is 10.8 Å². The number of carbonyl (C=O) groups excluding carboxylic acids is 3. The molecular weight excluding hydrogens is 374 g/mol. The largest absolute Gasteiger partial charge is 0.334 e. The minimum atomic E-state index is -0.267. The van der Waals surface area contributed by atoms with Gasteiger partial charge in [-0.05, 0) is 29.2 Å². The zero-order valence-electron chi connectivity index (χ0n) is 15.5. The molecule has 2 fully saturated rings. The van der Waals surface area contributed by atoms with E-state index in [1.165, 1.54) is 4.90 Å². The van der Waals surface area contributed by atoms with Gasteiger partial charge in [-0.3, -0.25) is 14.5 Å². The maximum Gasteiger partial charge on any atom is 0.315 e. The van der Waals surface area contributed by atoms with Gasteiger partial charge in [0.1, 0.15) is 0 Å². The summed E-state index contributed by atoms with van der Waals surface area (Å²) in [6.45, 7) is 0.419. The molecule has 2 atom stereocenters. The molecule has 0 bridgehead atoms. The molecule has 1 aliphatic carbocycles. The summed E-state index contributed by atoms with van der Waals surface area (Å²) in [7, 11) is 0. The summed E-state index contributed by atoms with van der Waals surface area (Å²) >= 11 is 1.05. The lowest BCUT2D eigenvalue weighted by atomic mass is 9.89. The number of nitrogens with one attached hydrogen (secondary N) is 2. The molecule has 2 unspecified atom stereocenters. The van der Waals surface area contributed by atoms with E-state index in [0.717, 1.165) is 53.8 Å². The van der Waals surface area contributed by atoms with E-state index in [4.69, 9.17) is 0 Å². The molecule has 2 N–H and O–H groups in total. The zero-order chi connectivity index (χ0) is 19.5. The second-order valence-corrected chi connectivity index (χ2v) is 8.17. The van der Waals surface area contributed by atoms with Crippen molar-refractivity contribution < 1.29 is 14.4 Å². The first-order valence-electron chi connectivity index (χ1n) is 9.63. The van der Waals surface area contributed by atoms with Crippen molar-refractivity contribution in [2.75, 3.05) is 5.75 Å². The van der Waals surface area contributed by atoms with Crippen LogP contribution in [0.2, 0.25) is 0 Å². The van der Waals surface area contributed by atoms with Gasteiger partial charge in [0.25, 0.3) is 5.24 Å². The van der Waals surface area contributed by atoms with Crippen LogP contribution in [0.3, 0.4) is 0 Å². The van der Waals surface area contributed by atoms with Gasteiger partial charge in [-0.1, -0.05) is 67.1 Å². The predicted octanol–water partition coefficient (Wildman–Crippen LogP) is 3.65. The third-order valence-corrected chi connectivity index (χ3v) is 6.32. The first kappa shape index (κ1) is 18.8. The summed E-state index contributed by atoms with van der Waals surface area (Å²) < 4.78 is 0. The first-order chi connectivity index (χ1) is 13.6. The summed E-state index contributed by atoms with van der Waals surface area (Å²) in [5, 5.41) is 7.99. The second-order valence-electron chi connectivity index (χ2n) is 7.24. The van der Waals surface area contributed by atoms with Gasteiger partial charge in [0.05, 0.1) is 17.8 Å². The molecule has 4 amide bonds. The normalized spacial score (nSPS) is 22.5. The molecule has 146 valence electrons. The van der Waals surface area contributed by atoms with Crippen LogP contribution < -0.4 is 10.6 Å². The topological polar surface area (TPSA) is 78.5 Å². The van der Waals surface area contributed by atoms with Crippen molar-refractivity contribution in [3.63, 3.8) is 0 Å². The van der Waals surface area contributed by atoms with Gasteiger partial charge >= 0.3 is 6.03 Å². The van der Waals surface area contributed by atoms with E-state index in [-0.39, 0.29) is 35.0 Å².